The molecule has 0 radical (unpaired) electrons. The minimum atomic E-state index is 0.339. The minimum Gasteiger partial charge on any atom is -0.302 e. The van der Waals surface area contributed by atoms with E-state index in [1.165, 1.54) is 19.5 Å². The zero-order valence-corrected chi connectivity index (χ0v) is 11.6. The van der Waals surface area contributed by atoms with E-state index in [9.17, 15) is 4.79 Å². The van der Waals surface area contributed by atoms with Gasteiger partial charge in [0, 0.05) is 32.0 Å². The van der Waals surface area contributed by atoms with Crippen molar-refractivity contribution in [2.45, 2.75) is 46.5 Å². The summed E-state index contributed by atoms with van der Waals surface area (Å²) in [4.78, 5) is 14.5. The average molecular weight is 237 g/mol. The van der Waals surface area contributed by atoms with Crippen LogP contribution in [0.4, 0.5) is 0 Å². The van der Waals surface area contributed by atoms with E-state index >= 15 is 0 Å². The Morgan fingerprint density at radius 1 is 1.24 bits per heavy atom. The number of rotatable bonds is 3. The Hall–Kier alpha value is -0.370. The van der Waals surface area contributed by atoms with Crippen molar-refractivity contribution < 1.29 is 4.79 Å². The van der Waals surface area contributed by atoms with Crippen molar-refractivity contribution in [3.8, 4) is 0 Å². The number of likely N-dealkylation sites (tertiary alicyclic amines) is 1. The molecule has 2 heteroatoms. The predicted molar refractivity (Wildman–Crippen MR) is 70.9 cm³/mol. The van der Waals surface area contributed by atoms with Crippen LogP contribution in [0.5, 0.6) is 0 Å². The lowest BCUT2D eigenvalue weighted by Crippen LogP contribution is -2.35. The summed E-state index contributed by atoms with van der Waals surface area (Å²) >= 11 is 0. The van der Waals surface area contributed by atoms with Gasteiger partial charge in [0.15, 0.2) is 0 Å². The predicted octanol–water partition coefficient (Wildman–Crippen LogP) is 2.97. The van der Waals surface area contributed by atoms with Gasteiger partial charge in [0.25, 0.3) is 0 Å². The fraction of sp³-hybridized carbons (Fsp3) is 0.933. The second-order valence-electron chi connectivity index (χ2n) is 6.38. The fourth-order valence-electron chi connectivity index (χ4n) is 3.46. The quantitative estimate of drug-likeness (QED) is 0.752. The second-order valence-corrected chi connectivity index (χ2v) is 6.38. The summed E-state index contributed by atoms with van der Waals surface area (Å²) in [5.74, 6) is 3.27. The molecule has 0 N–H and O–H groups in total. The lowest BCUT2D eigenvalue weighted by atomic mass is 9.79. The maximum atomic E-state index is 12.0. The Morgan fingerprint density at radius 2 is 1.88 bits per heavy atom. The SMILES string of the molecule is CCC1CCC(=O)C(CN2CC(C)C(C)C2)C1. The molecule has 1 heterocycles. The van der Waals surface area contributed by atoms with E-state index in [-0.39, 0.29) is 0 Å². The summed E-state index contributed by atoms with van der Waals surface area (Å²) in [7, 11) is 0. The zero-order valence-electron chi connectivity index (χ0n) is 11.6. The molecule has 4 atom stereocenters. The third-order valence-corrected chi connectivity index (χ3v) is 4.99. The first kappa shape index (κ1) is 13.1. The van der Waals surface area contributed by atoms with Gasteiger partial charge in [0.2, 0.25) is 0 Å². The Kier molecular flexibility index (Phi) is 4.24. The third-order valence-electron chi connectivity index (χ3n) is 4.99. The van der Waals surface area contributed by atoms with E-state index in [4.69, 9.17) is 0 Å². The van der Waals surface area contributed by atoms with E-state index in [2.05, 4.69) is 25.7 Å². The van der Waals surface area contributed by atoms with Crippen LogP contribution in [0.1, 0.15) is 46.5 Å². The van der Waals surface area contributed by atoms with Crippen LogP contribution in [0.15, 0.2) is 0 Å². The summed E-state index contributed by atoms with van der Waals surface area (Å²) in [5.41, 5.74) is 0. The van der Waals surface area contributed by atoms with E-state index in [1.807, 2.05) is 0 Å². The first-order valence-corrected chi connectivity index (χ1v) is 7.35. The molecule has 1 aliphatic heterocycles. The first-order valence-electron chi connectivity index (χ1n) is 7.35. The fourth-order valence-corrected chi connectivity index (χ4v) is 3.46. The van der Waals surface area contributed by atoms with Crippen molar-refractivity contribution >= 4 is 5.78 Å². The highest BCUT2D eigenvalue weighted by Gasteiger charge is 2.32. The standard InChI is InChI=1S/C15H27NO/c1-4-13-5-6-15(17)14(7-13)10-16-8-11(2)12(3)9-16/h11-14H,4-10H2,1-3H3. The molecule has 4 unspecified atom stereocenters. The van der Waals surface area contributed by atoms with Crippen molar-refractivity contribution in [2.24, 2.45) is 23.7 Å². The lowest BCUT2D eigenvalue weighted by molar-refractivity contribution is -0.126. The zero-order chi connectivity index (χ0) is 12.4. The van der Waals surface area contributed by atoms with Crippen LogP contribution >= 0.6 is 0 Å². The number of carbonyl (C=O) groups is 1. The van der Waals surface area contributed by atoms with E-state index < -0.39 is 0 Å². The van der Waals surface area contributed by atoms with E-state index in [1.54, 1.807) is 0 Å². The molecule has 1 saturated heterocycles. The van der Waals surface area contributed by atoms with Crippen molar-refractivity contribution in [3.63, 3.8) is 0 Å². The summed E-state index contributed by atoms with van der Waals surface area (Å²) in [6, 6.07) is 0. The Balaban J connectivity index is 1.87. The molecule has 1 saturated carbocycles. The van der Waals surface area contributed by atoms with Gasteiger partial charge in [0.1, 0.15) is 5.78 Å². The molecule has 0 aromatic heterocycles. The largest absolute Gasteiger partial charge is 0.302 e. The minimum absolute atomic E-state index is 0.339. The van der Waals surface area contributed by atoms with Gasteiger partial charge in [-0.3, -0.25) is 4.79 Å². The van der Waals surface area contributed by atoms with Crippen LogP contribution in [-0.4, -0.2) is 30.3 Å². The number of hydrogen-bond acceptors (Lipinski definition) is 2. The molecule has 1 aliphatic carbocycles. The number of hydrogen-bond donors (Lipinski definition) is 0. The van der Waals surface area contributed by atoms with Crippen molar-refractivity contribution in [1.82, 2.24) is 4.90 Å². The van der Waals surface area contributed by atoms with Gasteiger partial charge in [-0.15, -0.1) is 0 Å². The van der Waals surface area contributed by atoms with Gasteiger partial charge >= 0.3 is 0 Å². The molecule has 0 aromatic carbocycles. The smallest absolute Gasteiger partial charge is 0.137 e. The molecule has 0 amide bonds. The maximum absolute atomic E-state index is 12.0. The van der Waals surface area contributed by atoms with Gasteiger partial charge in [-0.25, -0.2) is 0 Å². The van der Waals surface area contributed by atoms with Crippen LogP contribution < -0.4 is 0 Å². The highest BCUT2D eigenvalue weighted by Crippen LogP contribution is 2.31. The first-order chi connectivity index (χ1) is 8.10. The van der Waals surface area contributed by atoms with Crippen LogP contribution in [0, 0.1) is 23.7 Å². The third kappa shape index (κ3) is 3.09. The normalized spacial score (nSPS) is 39.8. The van der Waals surface area contributed by atoms with Gasteiger partial charge in [-0.1, -0.05) is 27.2 Å². The Morgan fingerprint density at radius 3 is 2.47 bits per heavy atom. The monoisotopic (exact) mass is 237 g/mol. The lowest BCUT2D eigenvalue weighted by Gasteiger charge is -2.30. The average Bonchev–Trinajstić information content (AvgIpc) is 2.61. The number of ketones is 1. The number of carbonyl (C=O) groups excluding carboxylic acids is 1. The molecule has 17 heavy (non-hydrogen) atoms. The highest BCUT2D eigenvalue weighted by molar-refractivity contribution is 5.81. The molecular weight excluding hydrogens is 210 g/mol. The molecule has 2 nitrogen and oxygen atoms in total. The highest BCUT2D eigenvalue weighted by atomic mass is 16.1. The van der Waals surface area contributed by atoms with Crippen LogP contribution in [-0.2, 0) is 4.79 Å². The maximum Gasteiger partial charge on any atom is 0.137 e. The summed E-state index contributed by atoms with van der Waals surface area (Å²) in [6.45, 7) is 10.4. The number of nitrogens with zero attached hydrogens (tertiary/aromatic N) is 1. The molecule has 2 aliphatic rings. The topological polar surface area (TPSA) is 20.3 Å². The van der Waals surface area contributed by atoms with E-state index in [0.29, 0.717) is 11.7 Å². The van der Waals surface area contributed by atoms with Crippen molar-refractivity contribution in [3.05, 3.63) is 0 Å². The molecule has 2 fully saturated rings. The number of Topliss-reactive ketones (excluding diaryl/α,β-unsaturated/α-hetero) is 1. The summed E-state index contributed by atoms with van der Waals surface area (Å²) in [5, 5.41) is 0. The van der Waals surface area contributed by atoms with Crippen LogP contribution in [0.3, 0.4) is 0 Å². The molecule has 2 rings (SSSR count). The van der Waals surface area contributed by atoms with Gasteiger partial charge < -0.3 is 4.90 Å². The van der Waals surface area contributed by atoms with Gasteiger partial charge in [0.05, 0.1) is 0 Å². The molecule has 0 bridgehead atoms. The van der Waals surface area contributed by atoms with Crippen LogP contribution in [0.2, 0.25) is 0 Å². The molecule has 0 aromatic rings. The van der Waals surface area contributed by atoms with E-state index in [0.717, 1.165) is 43.6 Å². The van der Waals surface area contributed by atoms with Crippen LogP contribution in [0.25, 0.3) is 0 Å². The Bertz CT molecular complexity index is 266. The summed E-state index contributed by atoms with van der Waals surface area (Å²) in [6.07, 6.45) is 4.37. The summed E-state index contributed by atoms with van der Waals surface area (Å²) < 4.78 is 0. The molecular formula is C15H27NO. The van der Waals surface area contributed by atoms with Crippen molar-refractivity contribution in [1.29, 1.82) is 0 Å². The molecule has 98 valence electrons. The molecule has 0 spiro atoms. The van der Waals surface area contributed by atoms with Gasteiger partial charge in [-0.2, -0.15) is 0 Å². The Labute approximate surface area is 106 Å². The second kappa shape index (κ2) is 5.51. The van der Waals surface area contributed by atoms with Crippen molar-refractivity contribution in [2.75, 3.05) is 19.6 Å². The van der Waals surface area contributed by atoms with Gasteiger partial charge in [-0.05, 0) is 30.6 Å².